The summed E-state index contributed by atoms with van der Waals surface area (Å²) in [6, 6.07) is 0. The number of hydrogen-bond acceptors (Lipinski definition) is 3. The highest BCUT2D eigenvalue weighted by molar-refractivity contribution is 5.86. The number of likely N-dealkylation sites (N-methyl/N-ethyl adjacent to an activating group) is 1. The van der Waals surface area contributed by atoms with E-state index in [0.29, 0.717) is 19.0 Å². The van der Waals surface area contributed by atoms with Gasteiger partial charge < -0.3 is 15.5 Å². The van der Waals surface area contributed by atoms with Crippen LogP contribution in [0.5, 0.6) is 0 Å². The summed E-state index contributed by atoms with van der Waals surface area (Å²) < 4.78 is 0. The van der Waals surface area contributed by atoms with E-state index < -0.39 is 0 Å². The first-order valence-corrected chi connectivity index (χ1v) is 7.36. The number of nitrogens with zero attached hydrogens (tertiary/aromatic N) is 2. The third-order valence-electron chi connectivity index (χ3n) is 4.51. The number of amides is 2. The van der Waals surface area contributed by atoms with Crippen LogP contribution in [0.15, 0.2) is 0 Å². The molecular formula is C14H25N3O2. The van der Waals surface area contributed by atoms with Crippen molar-refractivity contribution in [1.29, 1.82) is 0 Å². The summed E-state index contributed by atoms with van der Waals surface area (Å²) in [5, 5.41) is 0. The smallest absolute Gasteiger partial charge is 0.241 e. The zero-order valence-corrected chi connectivity index (χ0v) is 11.8. The second-order valence-electron chi connectivity index (χ2n) is 5.82. The number of nitrogens with two attached hydrogens (primary N) is 1. The lowest BCUT2D eigenvalue weighted by molar-refractivity contribution is -0.142. The standard InChI is InChI=1S/C14H25N3O2/c1-16-7-4-8-17(10-13(16)18)14(19)12-6-3-2-5-11(12)9-15/h11-12H,2-10,15H2,1H3. The predicted molar refractivity (Wildman–Crippen MR) is 73.3 cm³/mol. The monoisotopic (exact) mass is 267 g/mol. The minimum absolute atomic E-state index is 0.0370. The van der Waals surface area contributed by atoms with Crippen molar-refractivity contribution in [3.05, 3.63) is 0 Å². The Balaban J connectivity index is 2.03. The van der Waals surface area contributed by atoms with Crippen LogP contribution in [0.2, 0.25) is 0 Å². The normalized spacial score (nSPS) is 29.3. The molecule has 5 heteroatoms. The molecule has 2 N–H and O–H groups in total. The molecule has 1 saturated carbocycles. The van der Waals surface area contributed by atoms with Gasteiger partial charge in [-0.25, -0.2) is 0 Å². The van der Waals surface area contributed by atoms with E-state index in [2.05, 4.69) is 0 Å². The summed E-state index contributed by atoms with van der Waals surface area (Å²) in [5.41, 5.74) is 5.80. The van der Waals surface area contributed by atoms with Gasteiger partial charge in [0.2, 0.25) is 11.8 Å². The first-order valence-electron chi connectivity index (χ1n) is 7.36. The van der Waals surface area contributed by atoms with Crippen LogP contribution >= 0.6 is 0 Å². The van der Waals surface area contributed by atoms with Gasteiger partial charge >= 0.3 is 0 Å². The van der Waals surface area contributed by atoms with Crippen molar-refractivity contribution in [2.45, 2.75) is 32.1 Å². The van der Waals surface area contributed by atoms with Gasteiger partial charge in [0.05, 0.1) is 6.54 Å². The summed E-state index contributed by atoms with van der Waals surface area (Å²) in [7, 11) is 1.81. The zero-order valence-electron chi connectivity index (χ0n) is 11.8. The summed E-state index contributed by atoms with van der Waals surface area (Å²) in [5.74, 6) is 0.539. The van der Waals surface area contributed by atoms with Crippen LogP contribution < -0.4 is 5.73 Å². The molecule has 0 aromatic heterocycles. The Morgan fingerprint density at radius 1 is 1.26 bits per heavy atom. The minimum Gasteiger partial charge on any atom is -0.344 e. The molecule has 0 aromatic rings. The van der Waals surface area contributed by atoms with Gasteiger partial charge in [-0.3, -0.25) is 9.59 Å². The molecule has 1 heterocycles. The van der Waals surface area contributed by atoms with Crippen LogP contribution in [0.25, 0.3) is 0 Å². The lowest BCUT2D eigenvalue weighted by Gasteiger charge is -2.33. The molecule has 0 aromatic carbocycles. The van der Waals surface area contributed by atoms with Crippen LogP contribution in [0.3, 0.4) is 0 Å². The van der Waals surface area contributed by atoms with Gasteiger partial charge in [0, 0.05) is 26.1 Å². The number of rotatable bonds is 2. The molecule has 2 unspecified atom stereocenters. The Morgan fingerprint density at radius 2 is 2.00 bits per heavy atom. The molecule has 2 rings (SSSR count). The molecule has 0 radical (unpaired) electrons. The fourth-order valence-corrected chi connectivity index (χ4v) is 3.22. The Kier molecular flexibility index (Phi) is 4.80. The molecule has 19 heavy (non-hydrogen) atoms. The summed E-state index contributed by atoms with van der Waals surface area (Å²) in [6.07, 6.45) is 5.13. The van der Waals surface area contributed by atoms with E-state index >= 15 is 0 Å². The highest BCUT2D eigenvalue weighted by Crippen LogP contribution is 2.31. The maximum atomic E-state index is 12.6. The second-order valence-corrected chi connectivity index (χ2v) is 5.82. The maximum Gasteiger partial charge on any atom is 0.241 e. The van der Waals surface area contributed by atoms with Gasteiger partial charge in [-0.05, 0) is 31.7 Å². The van der Waals surface area contributed by atoms with Crippen molar-refractivity contribution in [2.24, 2.45) is 17.6 Å². The zero-order chi connectivity index (χ0) is 13.8. The van der Waals surface area contributed by atoms with Crippen molar-refractivity contribution in [3.8, 4) is 0 Å². The summed E-state index contributed by atoms with van der Waals surface area (Å²) in [4.78, 5) is 28.0. The van der Waals surface area contributed by atoms with Gasteiger partial charge in [-0.2, -0.15) is 0 Å². The number of hydrogen-bond donors (Lipinski definition) is 1. The van der Waals surface area contributed by atoms with E-state index in [1.165, 1.54) is 6.42 Å². The summed E-state index contributed by atoms with van der Waals surface area (Å²) >= 11 is 0. The molecule has 5 nitrogen and oxygen atoms in total. The van der Waals surface area contributed by atoms with Gasteiger partial charge in [0.25, 0.3) is 0 Å². The fraction of sp³-hybridized carbons (Fsp3) is 0.857. The van der Waals surface area contributed by atoms with E-state index in [9.17, 15) is 9.59 Å². The first-order chi connectivity index (χ1) is 9.13. The Morgan fingerprint density at radius 3 is 2.74 bits per heavy atom. The van der Waals surface area contributed by atoms with Crippen molar-refractivity contribution >= 4 is 11.8 Å². The van der Waals surface area contributed by atoms with Gasteiger partial charge in [0.15, 0.2) is 0 Å². The molecule has 1 aliphatic carbocycles. The topological polar surface area (TPSA) is 66.6 Å². The van der Waals surface area contributed by atoms with Crippen molar-refractivity contribution in [3.63, 3.8) is 0 Å². The maximum absolute atomic E-state index is 12.6. The van der Waals surface area contributed by atoms with Gasteiger partial charge in [-0.1, -0.05) is 12.8 Å². The molecule has 1 aliphatic heterocycles. The fourth-order valence-electron chi connectivity index (χ4n) is 3.22. The number of carbonyl (C=O) groups is 2. The van der Waals surface area contributed by atoms with E-state index in [1.54, 1.807) is 16.8 Å². The van der Waals surface area contributed by atoms with Crippen molar-refractivity contribution < 1.29 is 9.59 Å². The predicted octanol–water partition coefficient (Wildman–Crippen LogP) is 0.442. The lowest BCUT2D eigenvalue weighted by atomic mass is 9.78. The van der Waals surface area contributed by atoms with E-state index in [0.717, 1.165) is 32.2 Å². The largest absolute Gasteiger partial charge is 0.344 e. The van der Waals surface area contributed by atoms with Crippen LogP contribution in [0.1, 0.15) is 32.1 Å². The molecule has 108 valence electrons. The molecular weight excluding hydrogens is 242 g/mol. The molecule has 2 fully saturated rings. The Labute approximate surface area is 115 Å². The highest BCUT2D eigenvalue weighted by Gasteiger charge is 2.34. The molecule has 2 aliphatic rings. The van der Waals surface area contributed by atoms with E-state index in [1.807, 2.05) is 0 Å². The Bertz CT molecular complexity index is 346. The SMILES string of the molecule is CN1CCCN(C(=O)C2CCCCC2CN)CC1=O. The highest BCUT2D eigenvalue weighted by atomic mass is 16.2. The summed E-state index contributed by atoms with van der Waals surface area (Å²) in [6.45, 7) is 2.26. The molecule has 0 bridgehead atoms. The Hall–Kier alpha value is -1.10. The average Bonchev–Trinajstić information content (AvgIpc) is 2.60. The van der Waals surface area contributed by atoms with E-state index in [4.69, 9.17) is 5.73 Å². The molecule has 2 atom stereocenters. The third kappa shape index (κ3) is 3.26. The van der Waals surface area contributed by atoms with Crippen LogP contribution in [0.4, 0.5) is 0 Å². The van der Waals surface area contributed by atoms with Crippen molar-refractivity contribution in [2.75, 3.05) is 33.2 Å². The minimum atomic E-state index is 0.0370. The van der Waals surface area contributed by atoms with Gasteiger partial charge in [0.1, 0.15) is 0 Å². The van der Waals surface area contributed by atoms with E-state index in [-0.39, 0.29) is 24.3 Å². The molecule has 2 amide bonds. The van der Waals surface area contributed by atoms with Crippen LogP contribution in [-0.2, 0) is 9.59 Å². The average molecular weight is 267 g/mol. The lowest BCUT2D eigenvalue weighted by Crippen LogP contribution is -2.45. The molecule has 1 saturated heterocycles. The van der Waals surface area contributed by atoms with Crippen molar-refractivity contribution in [1.82, 2.24) is 9.80 Å². The van der Waals surface area contributed by atoms with Crippen LogP contribution in [-0.4, -0.2) is 54.8 Å². The second kappa shape index (κ2) is 6.37. The van der Waals surface area contributed by atoms with Gasteiger partial charge in [-0.15, -0.1) is 0 Å². The third-order valence-corrected chi connectivity index (χ3v) is 4.51. The first kappa shape index (κ1) is 14.3. The molecule has 0 spiro atoms. The number of carbonyl (C=O) groups excluding carboxylic acids is 2. The quantitative estimate of drug-likeness (QED) is 0.789. The van der Waals surface area contributed by atoms with Crippen LogP contribution in [0, 0.1) is 11.8 Å².